The number of carbonyl (C=O) groups is 1. The molecule has 132 valence electrons. The number of halogens is 2. The average Bonchev–Trinajstić information content (AvgIpc) is 3.02. The highest BCUT2D eigenvalue weighted by molar-refractivity contribution is 6.35. The molecule has 0 bridgehead atoms. The second-order valence-corrected chi connectivity index (χ2v) is 6.43. The Morgan fingerprint density at radius 1 is 1.36 bits per heavy atom. The third kappa shape index (κ3) is 3.37. The largest absolute Gasteiger partial charge is 0.463 e. The maximum atomic E-state index is 12.7. The second kappa shape index (κ2) is 7.45. The molecular formula is C17H18Cl2N4O2. The summed E-state index contributed by atoms with van der Waals surface area (Å²) in [6, 6.07) is 4.67. The van der Waals surface area contributed by atoms with Gasteiger partial charge in [-0.3, -0.25) is 0 Å². The Bertz CT molecular complexity index is 832. The lowest BCUT2D eigenvalue weighted by Gasteiger charge is -2.29. The number of rotatable bonds is 5. The Labute approximate surface area is 155 Å². The fourth-order valence-electron chi connectivity index (χ4n) is 2.92. The van der Waals surface area contributed by atoms with Crippen molar-refractivity contribution >= 4 is 35.1 Å². The molecule has 3 rings (SSSR count). The van der Waals surface area contributed by atoms with Crippen LogP contribution in [-0.2, 0) is 9.53 Å². The highest BCUT2D eigenvalue weighted by Gasteiger charge is 2.36. The monoisotopic (exact) mass is 380 g/mol. The quantitative estimate of drug-likeness (QED) is 0.786. The summed E-state index contributed by atoms with van der Waals surface area (Å²) in [5, 5.41) is 8.45. The minimum Gasteiger partial charge on any atom is -0.463 e. The normalized spacial score (nSPS) is 16.4. The van der Waals surface area contributed by atoms with E-state index in [0.717, 1.165) is 17.7 Å². The van der Waals surface area contributed by atoms with Crippen LogP contribution >= 0.6 is 23.2 Å². The fourth-order valence-corrected chi connectivity index (χ4v) is 3.43. The van der Waals surface area contributed by atoms with E-state index in [0.29, 0.717) is 28.0 Å². The minimum atomic E-state index is -0.524. The number of nitrogens with one attached hydrogen (secondary N) is 1. The van der Waals surface area contributed by atoms with Crippen LogP contribution in [0.1, 0.15) is 38.3 Å². The summed E-state index contributed by atoms with van der Waals surface area (Å²) in [7, 11) is 0. The number of hydrogen-bond acceptors (Lipinski definition) is 5. The van der Waals surface area contributed by atoms with E-state index in [1.807, 2.05) is 6.92 Å². The number of ether oxygens (including phenoxy) is 1. The first kappa shape index (κ1) is 17.8. The van der Waals surface area contributed by atoms with E-state index < -0.39 is 12.0 Å². The molecule has 0 unspecified atom stereocenters. The van der Waals surface area contributed by atoms with Gasteiger partial charge in [-0.25, -0.2) is 9.48 Å². The van der Waals surface area contributed by atoms with Gasteiger partial charge in [-0.05, 0) is 25.5 Å². The number of benzene rings is 1. The SMILES string of the molecule is CCCC1=C(C(=O)OCC)[C@@H](c2ccc(Cl)cc2Cl)n2ncnc2N1. The standard InChI is InChI=1S/C17H18Cl2N4O2/c1-3-5-13-14(16(24)25-4-2)15(23-17(22-13)20-9-21-23)11-7-6-10(18)8-12(11)19/h6-9,15H,3-5H2,1-2H3,(H,20,21,22)/t15-/m1/s1. The number of fused-ring (bicyclic) bond motifs is 1. The highest BCUT2D eigenvalue weighted by atomic mass is 35.5. The molecule has 25 heavy (non-hydrogen) atoms. The van der Waals surface area contributed by atoms with Gasteiger partial charge in [0.1, 0.15) is 12.4 Å². The van der Waals surface area contributed by atoms with Crippen LogP contribution in [0, 0.1) is 0 Å². The molecular weight excluding hydrogens is 363 g/mol. The second-order valence-electron chi connectivity index (χ2n) is 5.58. The number of allylic oxidation sites excluding steroid dienone is 1. The van der Waals surface area contributed by atoms with Crippen molar-refractivity contribution < 1.29 is 9.53 Å². The van der Waals surface area contributed by atoms with Crippen molar-refractivity contribution in [1.82, 2.24) is 14.8 Å². The van der Waals surface area contributed by atoms with Crippen molar-refractivity contribution in [2.45, 2.75) is 32.7 Å². The molecule has 1 aliphatic rings. The van der Waals surface area contributed by atoms with E-state index in [1.54, 1.807) is 29.8 Å². The molecule has 0 saturated heterocycles. The summed E-state index contributed by atoms with van der Waals surface area (Å²) in [4.78, 5) is 17.0. The number of hydrogen-bond donors (Lipinski definition) is 1. The molecule has 1 aliphatic heterocycles. The highest BCUT2D eigenvalue weighted by Crippen LogP contribution is 2.39. The van der Waals surface area contributed by atoms with Crippen LogP contribution in [0.15, 0.2) is 35.8 Å². The Balaban J connectivity index is 2.20. The van der Waals surface area contributed by atoms with E-state index in [1.165, 1.54) is 6.33 Å². The van der Waals surface area contributed by atoms with Gasteiger partial charge in [0, 0.05) is 21.3 Å². The first-order chi connectivity index (χ1) is 12.1. The number of carbonyl (C=O) groups excluding carboxylic acids is 1. The molecule has 1 aromatic heterocycles. The zero-order valence-electron chi connectivity index (χ0n) is 13.9. The van der Waals surface area contributed by atoms with Gasteiger partial charge in [0.25, 0.3) is 0 Å². The van der Waals surface area contributed by atoms with Crippen molar-refractivity contribution in [3.8, 4) is 0 Å². The molecule has 1 aromatic carbocycles. The summed E-state index contributed by atoms with van der Waals surface area (Å²) in [5.41, 5.74) is 1.99. The molecule has 0 aliphatic carbocycles. The van der Waals surface area contributed by atoms with E-state index in [2.05, 4.69) is 15.4 Å². The van der Waals surface area contributed by atoms with Crippen LogP contribution in [0.3, 0.4) is 0 Å². The van der Waals surface area contributed by atoms with Gasteiger partial charge in [0.05, 0.1) is 12.2 Å². The first-order valence-corrected chi connectivity index (χ1v) is 8.84. The van der Waals surface area contributed by atoms with E-state index in [-0.39, 0.29) is 6.61 Å². The van der Waals surface area contributed by atoms with Crippen molar-refractivity contribution in [3.63, 3.8) is 0 Å². The van der Waals surface area contributed by atoms with Crippen molar-refractivity contribution in [2.75, 3.05) is 11.9 Å². The molecule has 0 amide bonds. The van der Waals surface area contributed by atoms with Gasteiger partial charge < -0.3 is 10.1 Å². The lowest BCUT2D eigenvalue weighted by atomic mass is 9.94. The molecule has 6 nitrogen and oxygen atoms in total. The third-order valence-electron chi connectivity index (χ3n) is 3.93. The van der Waals surface area contributed by atoms with E-state index >= 15 is 0 Å². The zero-order valence-corrected chi connectivity index (χ0v) is 15.4. The summed E-state index contributed by atoms with van der Waals surface area (Å²) < 4.78 is 6.94. The van der Waals surface area contributed by atoms with Crippen LogP contribution < -0.4 is 5.32 Å². The van der Waals surface area contributed by atoms with Crippen LogP contribution in [-0.4, -0.2) is 27.3 Å². The van der Waals surface area contributed by atoms with Gasteiger partial charge in [-0.1, -0.05) is 42.6 Å². The van der Waals surface area contributed by atoms with Crippen molar-refractivity contribution in [1.29, 1.82) is 0 Å². The fraction of sp³-hybridized carbons (Fsp3) is 0.353. The Hall–Kier alpha value is -2.05. The maximum absolute atomic E-state index is 12.7. The average molecular weight is 381 g/mol. The topological polar surface area (TPSA) is 69.0 Å². The smallest absolute Gasteiger partial charge is 0.338 e. The molecule has 0 saturated carbocycles. The Morgan fingerprint density at radius 2 is 2.16 bits per heavy atom. The lowest BCUT2D eigenvalue weighted by molar-refractivity contribution is -0.139. The zero-order chi connectivity index (χ0) is 18.0. The molecule has 0 spiro atoms. The molecule has 0 radical (unpaired) electrons. The van der Waals surface area contributed by atoms with Gasteiger partial charge in [0.15, 0.2) is 0 Å². The Kier molecular flexibility index (Phi) is 5.30. The van der Waals surface area contributed by atoms with Crippen molar-refractivity contribution in [2.24, 2.45) is 0 Å². The lowest BCUT2D eigenvalue weighted by Crippen LogP contribution is -2.30. The molecule has 8 heteroatoms. The van der Waals surface area contributed by atoms with Crippen LogP contribution in [0.5, 0.6) is 0 Å². The predicted molar refractivity (Wildman–Crippen MR) is 96.8 cm³/mol. The van der Waals surface area contributed by atoms with Crippen LogP contribution in [0.2, 0.25) is 10.0 Å². The maximum Gasteiger partial charge on any atom is 0.338 e. The number of esters is 1. The predicted octanol–water partition coefficient (Wildman–Crippen LogP) is 4.22. The summed E-state index contributed by atoms with van der Waals surface area (Å²) in [6.45, 7) is 4.10. The summed E-state index contributed by atoms with van der Waals surface area (Å²) >= 11 is 12.5. The van der Waals surface area contributed by atoms with Gasteiger partial charge in [-0.15, -0.1) is 0 Å². The number of aromatic nitrogens is 3. The van der Waals surface area contributed by atoms with Gasteiger partial charge >= 0.3 is 5.97 Å². The molecule has 2 aromatic rings. The molecule has 2 heterocycles. The summed E-state index contributed by atoms with van der Waals surface area (Å²) in [5.74, 6) is 0.170. The van der Waals surface area contributed by atoms with Crippen LogP contribution in [0.25, 0.3) is 0 Å². The molecule has 1 N–H and O–H groups in total. The number of nitrogens with zero attached hydrogens (tertiary/aromatic N) is 3. The molecule has 0 fully saturated rings. The first-order valence-electron chi connectivity index (χ1n) is 8.08. The van der Waals surface area contributed by atoms with Crippen molar-refractivity contribution in [3.05, 3.63) is 51.4 Å². The summed E-state index contributed by atoms with van der Waals surface area (Å²) in [6.07, 6.45) is 2.99. The van der Waals surface area contributed by atoms with E-state index in [4.69, 9.17) is 27.9 Å². The minimum absolute atomic E-state index is 0.285. The number of anilines is 1. The molecule has 1 atom stereocenters. The van der Waals surface area contributed by atoms with Crippen LogP contribution in [0.4, 0.5) is 5.95 Å². The van der Waals surface area contributed by atoms with E-state index in [9.17, 15) is 4.79 Å². The van der Waals surface area contributed by atoms with Gasteiger partial charge in [-0.2, -0.15) is 10.1 Å². The van der Waals surface area contributed by atoms with Gasteiger partial charge in [0.2, 0.25) is 5.95 Å². The Morgan fingerprint density at radius 3 is 2.84 bits per heavy atom. The third-order valence-corrected chi connectivity index (χ3v) is 4.49.